The van der Waals surface area contributed by atoms with Crippen molar-refractivity contribution in [2.75, 3.05) is 39.6 Å². The topological polar surface area (TPSA) is 114 Å². The summed E-state index contributed by atoms with van der Waals surface area (Å²) in [6.45, 7) is 19.5. The molecule has 2 spiro atoms. The molecule has 5 rings (SSSR count). The molecule has 0 aromatic heterocycles. The number of piperidine rings is 2. The fraction of sp³-hybridized carbons (Fsp3) is 0.765. The Morgan fingerprint density at radius 1 is 0.591 bits per heavy atom. The number of esters is 2. The monoisotopic (exact) mass is 616 g/mol. The Bertz CT molecular complexity index is 1060. The van der Waals surface area contributed by atoms with Crippen LogP contribution in [-0.4, -0.2) is 85.3 Å². The van der Waals surface area contributed by atoms with Crippen LogP contribution >= 0.6 is 0 Å². The SMILES string of the molecule is CC1(C)CC2(CC(C)(C)N1)OCC(COC(=O)c1ccc(C(=O)OCC3COC4(CC(C)(C)NC(C)(C)C4)OC3)cc1)CO2. The minimum atomic E-state index is -0.621. The summed E-state index contributed by atoms with van der Waals surface area (Å²) >= 11 is 0. The molecule has 0 aliphatic carbocycles. The van der Waals surface area contributed by atoms with Crippen LogP contribution in [0, 0.1) is 11.8 Å². The zero-order chi connectivity index (χ0) is 32.0. The highest BCUT2D eigenvalue weighted by Crippen LogP contribution is 2.43. The van der Waals surface area contributed by atoms with Gasteiger partial charge < -0.3 is 39.1 Å². The average molecular weight is 617 g/mol. The summed E-state index contributed by atoms with van der Waals surface area (Å²) in [4.78, 5) is 25.4. The smallest absolute Gasteiger partial charge is 0.338 e. The molecule has 2 N–H and O–H groups in total. The second-order valence-corrected chi connectivity index (χ2v) is 16.1. The van der Waals surface area contributed by atoms with Gasteiger partial charge in [0.05, 0.1) is 50.8 Å². The maximum Gasteiger partial charge on any atom is 0.338 e. The van der Waals surface area contributed by atoms with E-state index in [1.807, 2.05) is 0 Å². The Labute approximate surface area is 262 Å². The van der Waals surface area contributed by atoms with E-state index in [0.29, 0.717) is 37.6 Å². The molecular weight excluding hydrogens is 564 g/mol. The van der Waals surface area contributed by atoms with Crippen LogP contribution in [0.4, 0.5) is 0 Å². The van der Waals surface area contributed by atoms with E-state index in [4.69, 9.17) is 28.4 Å². The van der Waals surface area contributed by atoms with Crippen LogP contribution in [0.1, 0.15) is 102 Å². The van der Waals surface area contributed by atoms with Gasteiger partial charge in [0, 0.05) is 59.7 Å². The quantitative estimate of drug-likeness (QED) is 0.440. The number of benzene rings is 1. The molecule has 4 fully saturated rings. The summed E-state index contributed by atoms with van der Waals surface area (Å²) in [6.07, 6.45) is 3.01. The molecule has 246 valence electrons. The van der Waals surface area contributed by atoms with Crippen molar-refractivity contribution in [2.24, 2.45) is 11.8 Å². The molecule has 0 atom stereocenters. The van der Waals surface area contributed by atoms with Gasteiger partial charge in [0.2, 0.25) is 0 Å². The second-order valence-electron chi connectivity index (χ2n) is 16.1. The molecule has 1 aromatic rings. The molecule has 0 radical (unpaired) electrons. The van der Waals surface area contributed by atoms with Gasteiger partial charge in [0.25, 0.3) is 0 Å². The molecule has 44 heavy (non-hydrogen) atoms. The molecular formula is C34H52N2O8. The zero-order valence-corrected chi connectivity index (χ0v) is 27.8. The third kappa shape index (κ3) is 8.19. The summed E-state index contributed by atoms with van der Waals surface area (Å²) in [5, 5.41) is 7.30. The van der Waals surface area contributed by atoms with Gasteiger partial charge in [0.15, 0.2) is 11.6 Å². The lowest BCUT2D eigenvalue weighted by molar-refractivity contribution is -0.313. The number of hydrogen-bond donors (Lipinski definition) is 2. The minimum absolute atomic E-state index is 0.0460. The van der Waals surface area contributed by atoms with Crippen molar-refractivity contribution in [1.82, 2.24) is 10.6 Å². The number of ether oxygens (including phenoxy) is 6. The summed E-state index contributed by atoms with van der Waals surface area (Å²) in [6, 6.07) is 6.33. The standard InChI is InChI=1S/C34H52N2O8/c1-29(2)19-33(20-30(3,4)35-29)41-15-23(16-42-33)13-39-27(37)25-9-11-26(12-10-25)28(38)40-14-24-17-43-34(44-18-24)21-31(5,6)36-32(7,8)22-34/h9-12,23-24,35-36H,13-22H2,1-8H3. The summed E-state index contributed by atoms with van der Waals surface area (Å²) in [7, 11) is 0. The Morgan fingerprint density at radius 3 is 1.14 bits per heavy atom. The first-order valence-corrected chi connectivity index (χ1v) is 16.0. The van der Waals surface area contributed by atoms with Crippen molar-refractivity contribution in [3.8, 4) is 0 Å². The average Bonchev–Trinajstić information content (AvgIpc) is 2.88. The molecule has 10 nitrogen and oxygen atoms in total. The van der Waals surface area contributed by atoms with Gasteiger partial charge in [-0.25, -0.2) is 9.59 Å². The molecule has 4 aliphatic rings. The van der Waals surface area contributed by atoms with E-state index < -0.39 is 23.5 Å². The first-order valence-electron chi connectivity index (χ1n) is 16.0. The number of carbonyl (C=O) groups is 2. The molecule has 0 unspecified atom stereocenters. The number of hydrogen-bond acceptors (Lipinski definition) is 10. The summed E-state index contributed by atoms with van der Waals surface area (Å²) < 4.78 is 36.2. The maximum atomic E-state index is 12.7. The molecule has 0 amide bonds. The van der Waals surface area contributed by atoms with Gasteiger partial charge in [0.1, 0.15) is 0 Å². The Balaban J connectivity index is 1.04. The number of carbonyl (C=O) groups excluding carboxylic acids is 2. The molecule has 1 aromatic carbocycles. The number of nitrogens with one attached hydrogen (secondary N) is 2. The van der Waals surface area contributed by atoms with Crippen LogP contribution in [0.15, 0.2) is 24.3 Å². The second kappa shape index (κ2) is 11.9. The van der Waals surface area contributed by atoms with Gasteiger partial charge in [-0.3, -0.25) is 0 Å². The van der Waals surface area contributed by atoms with Crippen LogP contribution in [0.25, 0.3) is 0 Å². The third-order valence-corrected chi connectivity index (χ3v) is 8.78. The molecule has 0 bridgehead atoms. The number of rotatable bonds is 6. The molecule has 10 heteroatoms. The van der Waals surface area contributed by atoms with Crippen molar-refractivity contribution in [3.63, 3.8) is 0 Å². The zero-order valence-electron chi connectivity index (χ0n) is 27.8. The van der Waals surface area contributed by atoms with E-state index in [9.17, 15) is 9.59 Å². The van der Waals surface area contributed by atoms with Crippen molar-refractivity contribution in [2.45, 2.75) is 115 Å². The highest BCUT2D eigenvalue weighted by atomic mass is 16.7. The highest BCUT2D eigenvalue weighted by Gasteiger charge is 2.52. The lowest BCUT2D eigenvalue weighted by Gasteiger charge is -2.54. The molecule has 0 saturated carbocycles. The van der Waals surface area contributed by atoms with E-state index in [0.717, 1.165) is 25.7 Å². The summed E-state index contributed by atoms with van der Waals surface area (Å²) in [5.41, 5.74) is 0.301. The molecule has 4 aliphatic heterocycles. The molecule has 4 saturated heterocycles. The molecule has 4 heterocycles. The van der Waals surface area contributed by atoms with Crippen LogP contribution < -0.4 is 10.6 Å². The van der Waals surface area contributed by atoms with Gasteiger partial charge >= 0.3 is 11.9 Å². The van der Waals surface area contributed by atoms with Crippen LogP contribution in [-0.2, 0) is 28.4 Å². The first-order chi connectivity index (χ1) is 20.4. The normalized spacial score (nSPS) is 27.1. The Kier molecular flexibility index (Phi) is 9.03. The maximum absolute atomic E-state index is 12.7. The first kappa shape index (κ1) is 33.3. The fourth-order valence-corrected chi connectivity index (χ4v) is 7.98. The van der Waals surface area contributed by atoms with Gasteiger partial charge in [-0.1, -0.05) is 0 Å². The fourth-order valence-electron chi connectivity index (χ4n) is 7.98. The van der Waals surface area contributed by atoms with Gasteiger partial charge in [-0.2, -0.15) is 0 Å². The Hall–Kier alpha value is -2.08. The van der Waals surface area contributed by atoms with E-state index >= 15 is 0 Å². The van der Waals surface area contributed by atoms with Gasteiger partial charge in [-0.15, -0.1) is 0 Å². The lowest BCUT2D eigenvalue weighted by atomic mass is 9.78. The van der Waals surface area contributed by atoms with Gasteiger partial charge in [-0.05, 0) is 79.7 Å². The Morgan fingerprint density at radius 2 is 0.864 bits per heavy atom. The predicted molar refractivity (Wildman–Crippen MR) is 164 cm³/mol. The minimum Gasteiger partial charge on any atom is -0.462 e. The van der Waals surface area contributed by atoms with Crippen LogP contribution in [0.2, 0.25) is 0 Å². The van der Waals surface area contributed by atoms with E-state index in [-0.39, 0.29) is 47.2 Å². The van der Waals surface area contributed by atoms with Crippen LogP contribution in [0.3, 0.4) is 0 Å². The summed E-state index contributed by atoms with van der Waals surface area (Å²) in [5.74, 6) is -2.24. The third-order valence-electron chi connectivity index (χ3n) is 8.78. The largest absolute Gasteiger partial charge is 0.462 e. The van der Waals surface area contributed by atoms with Crippen molar-refractivity contribution >= 4 is 11.9 Å². The van der Waals surface area contributed by atoms with Crippen molar-refractivity contribution in [3.05, 3.63) is 35.4 Å². The predicted octanol–water partition coefficient (Wildman–Crippen LogP) is 4.60. The van der Waals surface area contributed by atoms with E-state index in [1.54, 1.807) is 24.3 Å². The van der Waals surface area contributed by atoms with Crippen molar-refractivity contribution in [1.29, 1.82) is 0 Å². The highest BCUT2D eigenvalue weighted by molar-refractivity contribution is 5.93. The van der Waals surface area contributed by atoms with E-state index in [1.165, 1.54) is 0 Å². The van der Waals surface area contributed by atoms with E-state index in [2.05, 4.69) is 66.0 Å². The van der Waals surface area contributed by atoms with Crippen LogP contribution in [0.5, 0.6) is 0 Å². The lowest BCUT2D eigenvalue weighted by Crippen LogP contribution is -2.66. The van der Waals surface area contributed by atoms with Crippen molar-refractivity contribution < 1.29 is 38.0 Å².